The van der Waals surface area contributed by atoms with E-state index in [-0.39, 0.29) is 36.1 Å². The number of anilines is 1. The molecule has 0 aliphatic carbocycles. The van der Waals surface area contributed by atoms with Crippen molar-refractivity contribution in [2.45, 2.75) is 13.0 Å². The Labute approximate surface area is 130 Å². The number of nitrogens with zero attached hydrogens (tertiary/aromatic N) is 5. The predicted molar refractivity (Wildman–Crippen MR) is 76.7 cm³/mol. The van der Waals surface area contributed by atoms with E-state index in [4.69, 9.17) is 0 Å². The molecule has 11 nitrogen and oxygen atoms in total. The van der Waals surface area contributed by atoms with Gasteiger partial charge in [-0.25, -0.2) is 4.79 Å². The molecule has 1 N–H and O–H groups in total. The van der Waals surface area contributed by atoms with Crippen LogP contribution < -0.4 is 5.32 Å². The number of carbonyl (C=O) groups excluding carboxylic acids is 2. The topological polar surface area (TPSA) is 134 Å². The normalized spacial score (nSPS) is 10.3. The Balaban J connectivity index is 1.97. The van der Waals surface area contributed by atoms with Gasteiger partial charge in [0, 0.05) is 19.7 Å². The summed E-state index contributed by atoms with van der Waals surface area (Å²) in [5, 5.41) is 20.7. The fraction of sp³-hybridized carbons (Fsp3) is 0.333. The van der Waals surface area contributed by atoms with Crippen LogP contribution in [0, 0.1) is 10.1 Å². The second-order valence-corrected chi connectivity index (χ2v) is 4.55. The Morgan fingerprint density at radius 3 is 2.78 bits per heavy atom. The molecule has 2 aromatic rings. The molecular formula is C12H14N6O5. The third kappa shape index (κ3) is 3.90. The first-order valence-electron chi connectivity index (χ1n) is 6.50. The van der Waals surface area contributed by atoms with Gasteiger partial charge in [-0.3, -0.25) is 9.48 Å². The fourth-order valence-electron chi connectivity index (χ4n) is 1.83. The second-order valence-electron chi connectivity index (χ2n) is 4.55. The lowest BCUT2D eigenvalue weighted by molar-refractivity contribution is -0.389. The van der Waals surface area contributed by atoms with E-state index >= 15 is 0 Å². The van der Waals surface area contributed by atoms with Crippen LogP contribution in [0.15, 0.2) is 18.5 Å². The Bertz CT molecular complexity index is 749. The van der Waals surface area contributed by atoms with Crippen LogP contribution in [0.25, 0.3) is 0 Å². The van der Waals surface area contributed by atoms with Gasteiger partial charge in [-0.05, 0) is 4.92 Å². The van der Waals surface area contributed by atoms with E-state index in [1.54, 1.807) is 7.05 Å². The highest BCUT2D eigenvalue weighted by atomic mass is 16.6. The third-order valence-corrected chi connectivity index (χ3v) is 2.86. The quantitative estimate of drug-likeness (QED) is 0.460. The Hall–Kier alpha value is -3.24. The van der Waals surface area contributed by atoms with Gasteiger partial charge < -0.3 is 20.2 Å². The molecule has 2 aromatic heterocycles. The summed E-state index contributed by atoms with van der Waals surface area (Å²) in [5.41, 5.74) is 0.230. The van der Waals surface area contributed by atoms with Gasteiger partial charge in [0.15, 0.2) is 5.69 Å². The zero-order chi connectivity index (χ0) is 17.0. The third-order valence-electron chi connectivity index (χ3n) is 2.86. The number of nitro groups is 1. The van der Waals surface area contributed by atoms with Crippen LogP contribution >= 0.6 is 0 Å². The van der Waals surface area contributed by atoms with E-state index in [0.29, 0.717) is 0 Å². The van der Waals surface area contributed by atoms with Gasteiger partial charge in [0.1, 0.15) is 0 Å². The molecule has 0 saturated heterocycles. The monoisotopic (exact) mass is 322 g/mol. The van der Waals surface area contributed by atoms with Gasteiger partial charge in [0.05, 0.1) is 36.7 Å². The summed E-state index contributed by atoms with van der Waals surface area (Å²) >= 11 is 0. The van der Waals surface area contributed by atoms with E-state index in [1.807, 2.05) is 0 Å². The fourth-order valence-corrected chi connectivity index (χ4v) is 1.83. The van der Waals surface area contributed by atoms with Gasteiger partial charge in [-0.2, -0.15) is 9.78 Å². The Morgan fingerprint density at radius 2 is 2.17 bits per heavy atom. The molecule has 0 spiro atoms. The zero-order valence-electron chi connectivity index (χ0n) is 12.4. The molecule has 122 valence electrons. The summed E-state index contributed by atoms with van der Waals surface area (Å²) < 4.78 is 7.25. The molecule has 0 saturated carbocycles. The van der Waals surface area contributed by atoms with Crippen molar-refractivity contribution in [3.05, 3.63) is 34.3 Å². The predicted octanol–water partition coefficient (Wildman–Crippen LogP) is 0.340. The highest BCUT2D eigenvalue weighted by Gasteiger charge is 2.19. The number of carbonyl (C=O) groups is 2. The lowest BCUT2D eigenvalue weighted by atomic mass is 10.3. The molecule has 11 heteroatoms. The van der Waals surface area contributed by atoms with E-state index < -0.39 is 10.9 Å². The Morgan fingerprint density at radius 1 is 1.43 bits per heavy atom. The number of hydrogen-bond acceptors (Lipinski definition) is 7. The molecule has 0 bridgehead atoms. The first-order valence-corrected chi connectivity index (χ1v) is 6.50. The van der Waals surface area contributed by atoms with Gasteiger partial charge in [0.2, 0.25) is 5.91 Å². The van der Waals surface area contributed by atoms with E-state index in [1.165, 1.54) is 34.9 Å². The molecule has 23 heavy (non-hydrogen) atoms. The van der Waals surface area contributed by atoms with E-state index in [0.717, 1.165) is 0 Å². The summed E-state index contributed by atoms with van der Waals surface area (Å²) in [6, 6.07) is 1.24. The minimum absolute atomic E-state index is 0.00178. The van der Waals surface area contributed by atoms with Crippen LogP contribution in [-0.2, 0) is 23.1 Å². The highest BCUT2D eigenvalue weighted by molar-refractivity contribution is 5.99. The number of ether oxygens (including phenoxy) is 1. The number of esters is 1. The number of aromatic nitrogens is 4. The van der Waals surface area contributed by atoms with Crippen LogP contribution in [0.4, 0.5) is 11.5 Å². The van der Waals surface area contributed by atoms with Crippen LogP contribution in [0.2, 0.25) is 0 Å². The average molecular weight is 322 g/mol. The van der Waals surface area contributed by atoms with Crippen LogP contribution in [0.5, 0.6) is 0 Å². The molecule has 0 atom stereocenters. The zero-order valence-corrected chi connectivity index (χ0v) is 12.4. The number of aryl methyl sites for hydroxylation is 2. The summed E-state index contributed by atoms with van der Waals surface area (Å²) in [6.07, 6.45) is 2.91. The summed E-state index contributed by atoms with van der Waals surface area (Å²) in [4.78, 5) is 33.4. The van der Waals surface area contributed by atoms with Crippen LogP contribution in [0.3, 0.4) is 0 Å². The smallest absolute Gasteiger partial charge is 0.389 e. The lowest BCUT2D eigenvalue weighted by Crippen LogP contribution is -2.16. The highest BCUT2D eigenvalue weighted by Crippen LogP contribution is 2.14. The molecule has 0 unspecified atom stereocenters. The van der Waals surface area contributed by atoms with Crippen molar-refractivity contribution < 1.29 is 19.2 Å². The van der Waals surface area contributed by atoms with Gasteiger partial charge in [-0.1, -0.05) is 0 Å². The number of methoxy groups -OCH3 is 1. The van der Waals surface area contributed by atoms with Gasteiger partial charge in [0.25, 0.3) is 0 Å². The number of rotatable bonds is 6. The van der Waals surface area contributed by atoms with Crippen LogP contribution in [0.1, 0.15) is 16.9 Å². The summed E-state index contributed by atoms with van der Waals surface area (Å²) in [6.45, 7) is 0.160. The molecule has 2 rings (SSSR count). The number of nitrogens with one attached hydrogen (secondary N) is 1. The number of hydrogen-bond donors (Lipinski definition) is 1. The SMILES string of the molecule is COC(=O)c1nn(C)cc1NC(=O)CCn1ccc([N+](=O)[O-])n1. The molecular weight excluding hydrogens is 308 g/mol. The first kappa shape index (κ1) is 16.1. The van der Waals surface area contributed by atoms with Crippen molar-refractivity contribution >= 4 is 23.4 Å². The summed E-state index contributed by atoms with van der Waals surface area (Å²) in [7, 11) is 2.82. The van der Waals surface area contributed by atoms with Crippen molar-refractivity contribution in [2.75, 3.05) is 12.4 Å². The average Bonchev–Trinajstić information content (AvgIpc) is 3.11. The van der Waals surface area contributed by atoms with Gasteiger partial charge in [-0.15, -0.1) is 0 Å². The standard InChI is InChI=1S/C12H14N6O5/c1-16-7-8(11(15-16)12(20)23-2)13-10(19)4-6-17-5-3-9(14-17)18(21)22/h3,5,7H,4,6H2,1-2H3,(H,13,19). The molecule has 0 radical (unpaired) electrons. The second kappa shape index (κ2) is 6.68. The van der Waals surface area contributed by atoms with E-state index in [9.17, 15) is 19.7 Å². The molecule has 0 aromatic carbocycles. The van der Waals surface area contributed by atoms with Crippen molar-refractivity contribution in [1.29, 1.82) is 0 Å². The van der Waals surface area contributed by atoms with Crippen molar-refractivity contribution in [3.8, 4) is 0 Å². The Kier molecular flexibility index (Phi) is 4.69. The lowest BCUT2D eigenvalue weighted by Gasteiger charge is -2.03. The minimum atomic E-state index is -0.663. The number of amides is 1. The molecule has 2 heterocycles. The maximum atomic E-state index is 11.9. The molecule has 0 aliphatic heterocycles. The van der Waals surface area contributed by atoms with Crippen molar-refractivity contribution in [1.82, 2.24) is 19.6 Å². The van der Waals surface area contributed by atoms with Crippen molar-refractivity contribution in [2.24, 2.45) is 7.05 Å². The largest absolute Gasteiger partial charge is 0.464 e. The molecule has 0 aliphatic rings. The van der Waals surface area contributed by atoms with E-state index in [2.05, 4.69) is 20.3 Å². The van der Waals surface area contributed by atoms with Crippen molar-refractivity contribution in [3.63, 3.8) is 0 Å². The summed E-state index contributed by atoms with van der Waals surface area (Å²) in [5.74, 6) is -1.34. The maximum Gasteiger partial charge on any atom is 0.389 e. The molecule has 0 fully saturated rings. The first-order chi connectivity index (χ1) is 10.9. The van der Waals surface area contributed by atoms with Crippen LogP contribution in [-0.4, -0.2) is 43.5 Å². The maximum absolute atomic E-state index is 11.9. The molecule has 1 amide bonds. The minimum Gasteiger partial charge on any atom is -0.464 e. The van der Waals surface area contributed by atoms with Gasteiger partial charge >= 0.3 is 11.8 Å².